The van der Waals surface area contributed by atoms with Gasteiger partial charge >= 0.3 is 0 Å². The van der Waals surface area contributed by atoms with E-state index in [9.17, 15) is 0 Å². The first-order valence-corrected chi connectivity index (χ1v) is 7.56. The number of hydrogen-bond acceptors (Lipinski definition) is 3. The van der Waals surface area contributed by atoms with Crippen LogP contribution in [0.1, 0.15) is 25.8 Å². The zero-order valence-electron chi connectivity index (χ0n) is 11.9. The Bertz CT molecular complexity index is 436. The van der Waals surface area contributed by atoms with Crippen molar-refractivity contribution in [2.24, 2.45) is 0 Å². The van der Waals surface area contributed by atoms with Crippen LogP contribution in [0.25, 0.3) is 0 Å². The lowest BCUT2D eigenvalue weighted by molar-refractivity contribution is 0.295. The van der Waals surface area contributed by atoms with Crippen molar-refractivity contribution >= 4 is 23.2 Å². The molecule has 0 radical (unpaired) electrons. The molecule has 0 saturated carbocycles. The van der Waals surface area contributed by atoms with Crippen molar-refractivity contribution in [3.05, 3.63) is 34.3 Å². The maximum absolute atomic E-state index is 5.81. The van der Waals surface area contributed by atoms with Gasteiger partial charge in [0, 0.05) is 12.1 Å². The lowest BCUT2D eigenvalue weighted by atomic mass is 10.2. The molecule has 0 spiro atoms. The van der Waals surface area contributed by atoms with Crippen molar-refractivity contribution in [1.29, 1.82) is 0 Å². The van der Waals surface area contributed by atoms with Crippen LogP contribution in [0.5, 0.6) is 11.5 Å². The summed E-state index contributed by atoms with van der Waals surface area (Å²) in [5, 5.41) is 3.80. The second-order valence-electron chi connectivity index (χ2n) is 4.24. The number of rotatable bonds is 9. The van der Waals surface area contributed by atoms with Crippen molar-refractivity contribution in [2.45, 2.75) is 26.8 Å². The van der Waals surface area contributed by atoms with Gasteiger partial charge in [-0.3, -0.25) is 0 Å². The summed E-state index contributed by atoms with van der Waals surface area (Å²) in [6.07, 6.45) is 1.11. The van der Waals surface area contributed by atoms with Gasteiger partial charge in [-0.05, 0) is 37.6 Å². The summed E-state index contributed by atoms with van der Waals surface area (Å²) in [6, 6.07) is 5.89. The van der Waals surface area contributed by atoms with Crippen LogP contribution in [0.15, 0.2) is 28.8 Å². The van der Waals surface area contributed by atoms with Crippen LogP contribution in [0, 0.1) is 0 Å². The van der Waals surface area contributed by atoms with Crippen molar-refractivity contribution in [3.8, 4) is 11.5 Å². The predicted octanol–water partition coefficient (Wildman–Crippen LogP) is 4.28. The molecule has 5 heteroatoms. The Hall–Kier alpha value is -0.900. The molecule has 0 aromatic heterocycles. The van der Waals surface area contributed by atoms with Crippen LogP contribution in [-0.2, 0) is 6.54 Å². The van der Waals surface area contributed by atoms with E-state index in [0.717, 1.165) is 30.8 Å². The maximum Gasteiger partial charge on any atom is 0.161 e. The van der Waals surface area contributed by atoms with E-state index in [1.165, 1.54) is 5.54 Å². The lowest BCUT2D eigenvalue weighted by Crippen LogP contribution is -2.14. The molecular formula is C15H21Cl2NO2. The first-order chi connectivity index (χ1) is 9.71. The molecule has 0 fully saturated rings. The Morgan fingerprint density at radius 2 is 2.05 bits per heavy atom. The molecule has 112 valence electrons. The van der Waals surface area contributed by atoms with Gasteiger partial charge in [-0.2, -0.15) is 0 Å². The van der Waals surface area contributed by atoms with Gasteiger partial charge in [0.2, 0.25) is 0 Å². The predicted molar refractivity (Wildman–Crippen MR) is 84.9 cm³/mol. The van der Waals surface area contributed by atoms with E-state index in [1.54, 1.807) is 0 Å². The van der Waals surface area contributed by atoms with Crippen LogP contribution >= 0.6 is 23.2 Å². The van der Waals surface area contributed by atoms with Crippen molar-refractivity contribution in [1.82, 2.24) is 5.32 Å². The number of hydrogen-bond donors (Lipinski definition) is 1. The lowest BCUT2D eigenvalue weighted by Gasteiger charge is -2.13. The summed E-state index contributed by atoms with van der Waals surface area (Å²) in [5.74, 6) is 1.39. The maximum atomic E-state index is 5.81. The van der Waals surface area contributed by atoms with Crippen LogP contribution in [0.3, 0.4) is 0 Å². The molecule has 0 amide bonds. The van der Waals surface area contributed by atoms with E-state index < -0.39 is 0 Å². The van der Waals surface area contributed by atoms with Crippen molar-refractivity contribution < 1.29 is 9.47 Å². The number of halogens is 2. The molecule has 0 heterocycles. The molecule has 0 saturated heterocycles. The fourth-order valence-electron chi connectivity index (χ4n) is 1.64. The molecule has 1 aromatic rings. The highest BCUT2D eigenvalue weighted by molar-refractivity contribution is 6.36. The monoisotopic (exact) mass is 317 g/mol. The fourth-order valence-corrected chi connectivity index (χ4v) is 1.76. The zero-order valence-corrected chi connectivity index (χ0v) is 13.4. The Kier molecular flexibility index (Phi) is 8.51. The minimum absolute atomic E-state index is 0.235. The smallest absolute Gasteiger partial charge is 0.161 e. The summed E-state index contributed by atoms with van der Waals surface area (Å²) in [7, 11) is 0. The number of ether oxygens (including phenoxy) is 2. The molecule has 0 aliphatic heterocycles. The molecule has 3 nitrogen and oxygen atoms in total. The molecular weight excluding hydrogens is 297 g/mol. The van der Waals surface area contributed by atoms with Gasteiger partial charge in [-0.25, -0.2) is 0 Å². The molecule has 0 bridgehead atoms. The largest absolute Gasteiger partial charge is 0.490 e. The molecule has 1 N–H and O–H groups in total. The molecule has 0 aliphatic carbocycles. The molecule has 1 aromatic carbocycles. The highest BCUT2D eigenvalue weighted by Gasteiger charge is 2.07. The van der Waals surface area contributed by atoms with E-state index in [4.69, 9.17) is 32.7 Å². The SMILES string of the molecule is CCCNCc1ccc(OCC(Cl)=CCl)c(OCC)c1. The van der Waals surface area contributed by atoms with E-state index >= 15 is 0 Å². The Balaban J connectivity index is 2.73. The van der Waals surface area contributed by atoms with Crippen LogP contribution in [-0.4, -0.2) is 19.8 Å². The standard InChI is InChI=1S/C15H21Cl2NO2/c1-3-7-18-10-12-5-6-14(15(8-12)19-4-2)20-11-13(17)9-16/h5-6,8-9,18H,3-4,7,10-11H2,1-2H3. The third-order valence-corrected chi connectivity index (χ3v) is 3.14. The van der Waals surface area contributed by atoms with Gasteiger partial charge in [0.05, 0.1) is 11.6 Å². The minimum atomic E-state index is 0.235. The first-order valence-electron chi connectivity index (χ1n) is 6.75. The third kappa shape index (κ3) is 6.04. The van der Waals surface area contributed by atoms with Crippen LogP contribution in [0.2, 0.25) is 0 Å². The summed E-state index contributed by atoms with van der Waals surface area (Å²) >= 11 is 11.3. The molecule has 1 rings (SSSR count). The molecule has 0 unspecified atom stereocenters. The number of benzene rings is 1. The van der Waals surface area contributed by atoms with E-state index in [0.29, 0.717) is 17.4 Å². The molecule has 0 aliphatic rings. The summed E-state index contributed by atoms with van der Waals surface area (Å²) in [4.78, 5) is 0. The zero-order chi connectivity index (χ0) is 14.8. The van der Waals surface area contributed by atoms with Gasteiger partial charge in [0.15, 0.2) is 11.5 Å². The topological polar surface area (TPSA) is 30.5 Å². The summed E-state index contributed by atoms with van der Waals surface area (Å²) < 4.78 is 11.2. The number of nitrogens with one attached hydrogen (secondary N) is 1. The molecule has 20 heavy (non-hydrogen) atoms. The highest BCUT2D eigenvalue weighted by atomic mass is 35.5. The second kappa shape index (κ2) is 9.92. The van der Waals surface area contributed by atoms with Crippen LogP contribution < -0.4 is 14.8 Å². The minimum Gasteiger partial charge on any atom is -0.490 e. The fraction of sp³-hybridized carbons (Fsp3) is 0.467. The van der Waals surface area contributed by atoms with E-state index in [1.807, 2.05) is 25.1 Å². The Morgan fingerprint density at radius 1 is 1.25 bits per heavy atom. The Morgan fingerprint density at radius 3 is 2.70 bits per heavy atom. The van der Waals surface area contributed by atoms with E-state index in [-0.39, 0.29) is 6.61 Å². The third-order valence-electron chi connectivity index (χ3n) is 2.55. The van der Waals surface area contributed by atoms with Gasteiger partial charge in [-0.1, -0.05) is 36.2 Å². The average Bonchev–Trinajstić information content (AvgIpc) is 2.46. The van der Waals surface area contributed by atoms with Crippen LogP contribution in [0.4, 0.5) is 0 Å². The van der Waals surface area contributed by atoms with Gasteiger partial charge < -0.3 is 14.8 Å². The van der Waals surface area contributed by atoms with Gasteiger partial charge in [0.1, 0.15) is 6.61 Å². The molecule has 0 atom stereocenters. The van der Waals surface area contributed by atoms with Gasteiger partial charge in [-0.15, -0.1) is 0 Å². The summed E-state index contributed by atoms with van der Waals surface area (Å²) in [5.41, 5.74) is 2.46. The quantitative estimate of drug-likeness (QED) is 0.689. The average molecular weight is 318 g/mol. The van der Waals surface area contributed by atoms with E-state index in [2.05, 4.69) is 12.2 Å². The first kappa shape index (κ1) is 17.2. The summed E-state index contributed by atoms with van der Waals surface area (Å²) in [6.45, 7) is 6.72. The van der Waals surface area contributed by atoms with Crippen molar-refractivity contribution in [2.75, 3.05) is 19.8 Å². The second-order valence-corrected chi connectivity index (χ2v) is 4.94. The Labute approximate surface area is 130 Å². The highest BCUT2D eigenvalue weighted by Crippen LogP contribution is 2.29. The van der Waals surface area contributed by atoms with Gasteiger partial charge in [0.25, 0.3) is 0 Å². The van der Waals surface area contributed by atoms with Crippen molar-refractivity contribution in [3.63, 3.8) is 0 Å². The normalized spacial score (nSPS) is 11.5.